The van der Waals surface area contributed by atoms with Gasteiger partial charge in [0.15, 0.2) is 0 Å². The number of rotatable bonds is 6. The van der Waals surface area contributed by atoms with Gasteiger partial charge in [-0.25, -0.2) is 17.2 Å². The lowest BCUT2D eigenvalue weighted by atomic mass is 10.2. The van der Waals surface area contributed by atoms with Crippen LogP contribution in [0, 0.1) is 18.6 Å². The second kappa shape index (κ2) is 7.92. The normalized spacial score (nSPS) is 11.6. The Morgan fingerprint density at radius 1 is 1.04 bits per heavy atom. The number of nitrogens with one attached hydrogen (secondary N) is 1. The highest BCUT2D eigenvalue weighted by molar-refractivity contribution is 7.89. The summed E-state index contributed by atoms with van der Waals surface area (Å²) in [5, 5.41) is 2.47. The predicted molar refractivity (Wildman–Crippen MR) is 95.6 cm³/mol. The van der Waals surface area contributed by atoms with Gasteiger partial charge in [-0.1, -0.05) is 19.9 Å². The molecule has 0 aromatic heterocycles. The molecule has 0 radical (unpaired) electrons. The number of carbonyl (C=O) groups is 1. The monoisotopic (exact) mass is 382 g/mol. The summed E-state index contributed by atoms with van der Waals surface area (Å²) in [7, 11) is -3.71. The lowest BCUT2D eigenvalue weighted by Crippen LogP contribution is -2.31. The summed E-state index contributed by atoms with van der Waals surface area (Å²) in [6.07, 6.45) is 0. The number of benzene rings is 2. The van der Waals surface area contributed by atoms with Crippen molar-refractivity contribution in [3.8, 4) is 0 Å². The van der Waals surface area contributed by atoms with Crippen molar-refractivity contribution < 1.29 is 22.0 Å². The van der Waals surface area contributed by atoms with E-state index < -0.39 is 27.6 Å². The maximum atomic E-state index is 13.3. The number of nitrogens with zero attached hydrogens (tertiary/aromatic N) is 1. The molecule has 0 heterocycles. The molecule has 0 unspecified atom stereocenters. The molecule has 140 valence electrons. The topological polar surface area (TPSA) is 66.5 Å². The first-order valence-corrected chi connectivity index (χ1v) is 9.51. The van der Waals surface area contributed by atoms with Crippen LogP contribution >= 0.6 is 0 Å². The molecule has 8 heteroatoms. The molecule has 2 aromatic rings. The summed E-state index contributed by atoms with van der Waals surface area (Å²) >= 11 is 0. The highest BCUT2D eigenvalue weighted by Crippen LogP contribution is 2.24. The van der Waals surface area contributed by atoms with Crippen molar-refractivity contribution in [2.45, 2.75) is 25.7 Å². The van der Waals surface area contributed by atoms with Gasteiger partial charge >= 0.3 is 0 Å². The van der Waals surface area contributed by atoms with Crippen LogP contribution in [0.1, 0.15) is 29.8 Å². The van der Waals surface area contributed by atoms with E-state index in [1.165, 1.54) is 16.4 Å². The number of hydrogen-bond donors (Lipinski definition) is 1. The van der Waals surface area contributed by atoms with E-state index in [1.54, 1.807) is 26.8 Å². The third-order valence-corrected chi connectivity index (χ3v) is 6.09. The molecule has 0 saturated heterocycles. The molecule has 0 fully saturated rings. The summed E-state index contributed by atoms with van der Waals surface area (Å²) in [5.41, 5.74) is 0.555. The van der Waals surface area contributed by atoms with Crippen molar-refractivity contribution in [1.82, 2.24) is 4.31 Å². The van der Waals surface area contributed by atoms with Gasteiger partial charge in [0, 0.05) is 30.4 Å². The van der Waals surface area contributed by atoms with Gasteiger partial charge in [0.25, 0.3) is 5.91 Å². The van der Waals surface area contributed by atoms with Crippen LogP contribution in [0.5, 0.6) is 0 Å². The summed E-state index contributed by atoms with van der Waals surface area (Å²) in [6.45, 7) is 5.76. The van der Waals surface area contributed by atoms with Crippen molar-refractivity contribution in [3.05, 3.63) is 59.2 Å². The highest BCUT2D eigenvalue weighted by atomic mass is 32.2. The van der Waals surface area contributed by atoms with Crippen LogP contribution in [0.4, 0.5) is 14.5 Å². The molecule has 0 saturated carbocycles. The molecule has 5 nitrogen and oxygen atoms in total. The van der Waals surface area contributed by atoms with Gasteiger partial charge in [-0.3, -0.25) is 4.79 Å². The maximum Gasteiger partial charge on any atom is 0.255 e. The van der Waals surface area contributed by atoms with Crippen LogP contribution < -0.4 is 5.32 Å². The van der Waals surface area contributed by atoms with Crippen LogP contribution in [0.15, 0.2) is 41.3 Å². The van der Waals surface area contributed by atoms with E-state index in [-0.39, 0.29) is 16.1 Å². The van der Waals surface area contributed by atoms with Gasteiger partial charge in [-0.05, 0) is 36.8 Å². The van der Waals surface area contributed by atoms with Gasteiger partial charge < -0.3 is 5.32 Å². The zero-order chi connectivity index (χ0) is 19.5. The van der Waals surface area contributed by atoms with Gasteiger partial charge in [0.05, 0.1) is 4.90 Å². The summed E-state index contributed by atoms with van der Waals surface area (Å²) in [6, 6.07) is 6.91. The zero-order valence-corrected chi connectivity index (χ0v) is 15.5. The Balaban J connectivity index is 2.36. The minimum atomic E-state index is -3.71. The highest BCUT2D eigenvalue weighted by Gasteiger charge is 2.24. The molecule has 0 aliphatic rings. The standard InChI is InChI=1S/C18H20F2N2O3S/c1-4-22(5-2)26(24,25)17-11-16(7-6-12(17)3)21-18(23)13-8-14(19)10-15(20)9-13/h6-11H,4-5H2,1-3H3,(H,21,23). The van der Waals surface area contributed by atoms with Gasteiger partial charge in [0.2, 0.25) is 10.0 Å². The minimum Gasteiger partial charge on any atom is -0.322 e. The summed E-state index contributed by atoms with van der Waals surface area (Å²) in [5.74, 6) is -2.48. The van der Waals surface area contributed by atoms with E-state index in [1.807, 2.05) is 0 Å². The molecule has 2 rings (SSSR count). The fraction of sp³-hybridized carbons (Fsp3) is 0.278. The third-order valence-electron chi connectivity index (χ3n) is 3.89. The quantitative estimate of drug-likeness (QED) is 0.831. The van der Waals surface area contributed by atoms with E-state index >= 15 is 0 Å². The van der Waals surface area contributed by atoms with Gasteiger partial charge in [-0.15, -0.1) is 0 Å². The van der Waals surface area contributed by atoms with Crippen molar-refractivity contribution in [3.63, 3.8) is 0 Å². The molecular weight excluding hydrogens is 362 g/mol. The van der Waals surface area contributed by atoms with Crippen molar-refractivity contribution in [1.29, 1.82) is 0 Å². The third kappa shape index (κ3) is 4.25. The molecule has 0 bridgehead atoms. The average Bonchev–Trinajstić information content (AvgIpc) is 2.56. The second-order valence-electron chi connectivity index (χ2n) is 5.68. The number of aryl methyl sites for hydroxylation is 1. The summed E-state index contributed by atoms with van der Waals surface area (Å²) < 4.78 is 53.3. The van der Waals surface area contributed by atoms with Crippen molar-refractivity contribution in [2.24, 2.45) is 0 Å². The van der Waals surface area contributed by atoms with Crippen LogP contribution in [0.2, 0.25) is 0 Å². The maximum absolute atomic E-state index is 13.3. The number of carbonyl (C=O) groups excluding carboxylic acids is 1. The Morgan fingerprint density at radius 3 is 2.15 bits per heavy atom. The molecule has 1 N–H and O–H groups in total. The molecule has 1 amide bonds. The summed E-state index contributed by atoms with van der Waals surface area (Å²) in [4.78, 5) is 12.3. The zero-order valence-electron chi connectivity index (χ0n) is 14.7. The van der Waals surface area contributed by atoms with Crippen LogP contribution in [0.3, 0.4) is 0 Å². The minimum absolute atomic E-state index is 0.0735. The van der Waals surface area contributed by atoms with E-state index in [4.69, 9.17) is 0 Å². The number of halogens is 2. The SMILES string of the molecule is CCN(CC)S(=O)(=O)c1cc(NC(=O)c2cc(F)cc(F)c2)ccc1C. The Bertz CT molecular complexity index is 906. The predicted octanol–water partition coefficient (Wildman–Crippen LogP) is 3.56. The first-order valence-electron chi connectivity index (χ1n) is 8.07. The number of hydrogen-bond acceptors (Lipinski definition) is 3. The molecule has 0 aliphatic carbocycles. The van der Waals surface area contributed by atoms with Crippen LogP contribution in [-0.4, -0.2) is 31.7 Å². The van der Waals surface area contributed by atoms with E-state index in [0.29, 0.717) is 24.7 Å². The smallest absolute Gasteiger partial charge is 0.255 e. The molecule has 0 spiro atoms. The Kier molecular flexibility index (Phi) is 6.09. The number of amides is 1. The number of anilines is 1. The van der Waals surface area contributed by atoms with E-state index in [9.17, 15) is 22.0 Å². The molecule has 2 aromatic carbocycles. The number of sulfonamides is 1. The Morgan fingerprint density at radius 2 is 1.62 bits per heavy atom. The van der Waals surface area contributed by atoms with Crippen LogP contribution in [-0.2, 0) is 10.0 Å². The fourth-order valence-electron chi connectivity index (χ4n) is 2.55. The van der Waals surface area contributed by atoms with Crippen LogP contribution in [0.25, 0.3) is 0 Å². The molecule has 0 aliphatic heterocycles. The average molecular weight is 382 g/mol. The van der Waals surface area contributed by atoms with Gasteiger partial charge in [0.1, 0.15) is 11.6 Å². The first-order chi connectivity index (χ1) is 12.2. The fourth-order valence-corrected chi connectivity index (χ4v) is 4.26. The lowest BCUT2D eigenvalue weighted by molar-refractivity contribution is 0.102. The molecule has 26 heavy (non-hydrogen) atoms. The first kappa shape index (κ1) is 20.0. The molecule has 0 atom stereocenters. The van der Waals surface area contributed by atoms with E-state index in [0.717, 1.165) is 12.1 Å². The second-order valence-corrected chi connectivity index (χ2v) is 7.59. The Hall–Kier alpha value is -2.32. The van der Waals surface area contributed by atoms with Crippen molar-refractivity contribution in [2.75, 3.05) is 18.4 Å². The van der Waals surface area contributed by atoms with Gasteiger partial charge in [-0.2, -0.15) is 4.31 Å². The lowest BCUT2D eigenvalue weighted by Gasteiger charge is -2.20. The van der Waals surface area contributed by atoms with Crippen molar-refractivity contribution >= 4 is 21.6 Å². The van der Waals surface area contributed by atoms with E-state index in [2.05, 4.69) is 5.32 Å². The largest absolute Gasteiger partial charge is 0.322 e. The molecular formula is C18H20F2N2O3S. The Labute approximate surface area is 151 Å².